The second-order valence-electron chi connectivity index (χ2n) is 6.12. The molecule has 1 heterocycles. The summed E-state index contributed by atoms with van der Waals surface area (Å²) in [4.78, 5) is 13.2. The maximum atomic E-state index is 13.6. The second kappa shape index (κ2) is 7.63. The van der Waals surface area contributed by atoms with E-state index in [9.17, 15) is 14.3 Å². The number of rotatable bonds is 6. The summed E-state index contributed by atoms with van der Waals surface area (Å²) in [5, 5.41) is 9.57. The fraction of sp³-hybridized carbons (Fsp3) is 0.316. The standard InChI is InChI=1S/C19H21FN2O3/c20-16-4-2-1-3-14(16)11-25-15-7-5-13(6-8-15)17-9-10-18(19(21)24)22(17)12-23/h1-8,17-18,23H,9-12H2,(H2,21,24)/t17-,18+/m1/s1. The first-order valence-corrected chi connectivity index (χ1v) is 8.22. The van der Waals surface area contributed by atoms with Crippen molar-refractivity contribution < 1.29 is 19.0 Å². The smallest absolute Gasteiger partial charge is 0.234 e. The van der Waals surface area contributed by atoms with E-state index in [-0.39, 0.29) is 25.2 Å². The SMILES string of the molecule is NC(=O)[C@@H]1CC[C@H](c2ccc(OCc3ccccc3F)cc2)N1CO. The topological polar surface area (TPSA) is 75.8 Å². The summed E-state index contributed by atoms with van der Waals surface area (Å²) >= 11 is 0. The van der Waals surface area contributed by atoms with Crippen LogP contribution in [-0.4, -0.2) is 28.7 Å². The fourth-order valence-electron chi connectivity index (χ4n) is 3.29. The minimum absolute atomic E-state index is 0.0527. The number of nitrogens with two attached hydrogens (primary N) is 1. The van der Waals surface area contributed by atoms with Crippen LogP contribution in [-0.2, 0) is 11.4 Å². The largest absolute Gasteiger partial charge is 0.489 e. The molecule has 2 atom stereocenters. The van der Waals surface area contributed by atoms with Crippen LogP contribution in [0.15, 0.2) is 48.5 Å². The molecular formula is C19H21FN2O3. The van der Waals surface area contributed by atoms with Gasteiger partial charge in [0.1, 0.15) is 18.2 Å². The van der Waals surface area contributed by atoms with Crippen molar-refractivity contribution in [1.82, 2.24) is 4.90 Å². The van der Waals surface area contributed by atoms with E-state index in [1.54, 1.807) is 23.1 Å². The van der Waals surface area contributed by atoms with E-state index in [1.807, 2.05) is 24.3 Å². The van der Waals surface area contributed by atoms with Gasteiger partial charge in [0, 0.05) is 11.6 Å². The maximum Gasteiger partial charge on any atom is 0.234 e. The average Bonchev–Trinajstić information content (AvgIpc) is 3.06. The van der Waals surface area contributed by atoms with Crippen molar-refractivity contribution in [3.8, 4) is 5.75 Å². The molecule has 1 amide bonds. The molecule has 2 aromatic carbocycles. The summed E-state index contributed by atoms with van der Waals surface area (Å²) in [6.45, 7) is -0.0637. The number of aliphatic hydroxyl groups is 1. The minimum Gasteiger partial charge on any atom is -0.489 e. The van der Waals surface area contributed by atoms with Crippen molar-refractivity contribution >= 4 is 5.91 Å². The number of carbonyl (C=O) groups excluding carboxylic acids is 1. The highest BCUT2D eigenvalue weighted by Crippen LogP contribution is 2.36. The predicted octanol–water partition coefficient (Wildman–Crippen LogP) is 2.35. The zero-order valence-electron chi connectivity index (χ0n) is 13.8. The summed E-state index contributed by atoms with van der Waals surface area (Å²) in [7, 11) is 0. The molecule has 132 valence electrons. The predicted molar refractivity (Wildman–Crippen MR) is 91.1 cm³/mol. The molecule has 3 rings (SSSR count). The highest BCUT2D eigenvalue weighted by atomic mass is 19.1. The molecule has 25 heavy (non-hydrogen) atoms. The van der Waals surface area contributed by atoms with E-state index in [2.05, 4.69) is 0 Å². The molecule has 0 bridgehead atoms. The van der Waals surface area contributed by atoms with Crippen molar-refractivity contribution in [2.24, 2.45) is 5.73 Å². The summed E-state index contributed by atoms with van der Waals surface area (Å²) in [6.07, 6.45) is 1.38. The van der Waals surface area contributed by atoms with E-state index in [0.717, 1.165) is 12.0 Å². The Balaban J connectivity index is 1.66. The molecule has 1 fully saturated rings. The quantitative estimate of drug-likeness (QED) is 0.843. The Morgan fingerprint density at radius 2 is 1.92 bits per heavy atom. The number of hydrogen-bond acceptors (Lipinski definition) is 4. The number of amides is 1. The lowest BCUT2D eigenvalue weighted by atomic mass is 10.0. The van der Waals surface area contributed by atoms with E-state index in [4.69, 9.17) is 10.5 Å². The van der Waals surface area contributed by atoms with Gasteiger partial charge in [-0.2, -0.15) is 0 Å². The zero-order chi connectivity index (χ0) is 17.8. The number of aliphatic hydroxyl groups excluding tert-OH is 1. The van der Waals surface area contributed by atoms with Gasteiger partial charge >= 0.3 is 0 Å². The lowest BCUT2D eigenvalue weighted by Gasteiger charge is -2.26. The van der Waals surface area contributed by atoms with E-state index >= 15 is 0 Å². The first-order chi connectivity index (χ1) is 12.1. The monoisotopic (exact) mass is 344 g/mol. The summed E-state index contributed by atoms with van der Waals surface area (Å²) in [5.74, 6) is -0.0745. The Hall–Kier alpha value is -2.44. The Morgan fingerprint density at radius 1 is 1.20 bits per heavy atom. The van der Waals surface area contributed by atoms with Crippen molar-refractivity contribution in [1.29, 1.82) is 0 Å². The molecule has 0 radical (unpaired) electrons. The lowest BCUT2D eigenvalue weighted by Crippen LogP contribution is -2.41. The van der Waals surface area contributed by atoms with Crippen molar-refractivity contribution in [3.05, 3.63) is 65.5 Å². The number of likely N-dealkylation sites (tertiary alicyclic amines) is 1. The molecular weight excluding hydrogens is 323 g/mol. The van der Waals surface area contributed by atoms with E-state index in [0.29, 0.717) is 17.7 Å². The van der Waals surface area contributed by atoms with Crippen molar-refractivity contribution in [3.63, 3.8) is 0 Å². The molecule has 0 aromatic heterocycles. The first kappa shape index (κ1) is 17.4. The number of hydrogen-bond donors (Lipinski definition) is 2. The lowest BCUT2D eigenvalue weighted by molar-refractivity contribution is -0.124. The highest BCUT2D eigenvalue weighted by Gasteiger charge is 2.36. The normalized spacial score (nSPS) is 20.6. The Morgan fingerprint density at radius 3 is 2.56 bits per heavy atom. The van der Waals surface area contributed by atoms with Gasteiger partial charge in [-0.25, -0.2) is 4.39 Å². The first-order valence-electron chi connectivity index (χ1n) is 8.22. The van der Waals surface area contributed by atoms with Gasteiger partial charge in [-0.3, -0.25) is 9.69 Å². The van der Waals surface area contributed by atoms with Gasteiger partial charge in [-0.1, -0.05) is 30.3 Å². The van der Waals surface area contributed by atoms with Gasteiger partial charge in [0.15, 0.2) is 0 Å². The van der Waals surface area contributed by atoms with Crippen LogP contribution in [0, 0.1) is 5.82 Å². The van der Waals surface area contributed by atoms with E-state index in [1.165, 1.54) is 6.07 Å². The third kappa shape index (κ3) is 3.81. The Kier molecular flexibility index (Phi) is 5.31. The zero-order valence-corrected chi connectivity index (χ0v) is 13.8. The Bertz CT molecular complexity index is 736. The molecule has 1 aliphatic heterocycles. The van der Waals surface area contributed by atoms with Gasteiger partial charge in [0.2, 0.25) is 5.91 Å². The molecule has 1 saturated heterocycles. The molecule has 0 saturated carbocycles. The molecule has 6 heteroatoms. The fourth-order valence-corrected chi connectivity index (χ4v) is 3.29. The van der Waals surface area contributed by atoms with Crippen LogP contribution >= 0.6 is 0 Å². The highest BCUT2D eigenvalue weighted by molar-refractivity contribution is 5.80. The summed E-state index contributed by atoms with van der Waals surface area (Å²) < 4.78 is 19.2. The summed E-state index contributed by atoms with van der Waals surface area (Å²) in [6, 6.07) is 13.4. The van der Waals surface area contributed by atoms with Crippen LogP contribution in [0.3, 0.4) is 0 Å². The van der Waals surface area contributed by atoms with Crippen molar-refractivity contribution in [2.45, 2.75) is 31.5 Å². The second-order valence-corrected chi connectivity index (χ2v) is 6.12. The number of halogens is 1. The van der Waals surface area contributed by atoms with Crippen LogP contribution in [0.5, 0.6) is 5.75 Å². The molecule has 3 N–H and O–H groups in total. The third-order valence-electron chi connectivity index (χ3n) is 4.62. The molecule has 0 unspecified atom stereocenters. The van der Waals surface area contributed by atoms with E-state index < -0.39 is 11.9 Å². The van der Waals surface area contributed by atoms with Gasteiger partial charge < -0.3 is 15.6 Å². The van der Waals surface area contributed by atoms with Gasteiger partial charge in [-0.15, -0.1) is 0 Å². The van der Waals surface area contributed by atoms with Crippen LogP contribution in [0.1, 0.15) is 30.0 Å². The number of ether oxygens (including phenoxy) is 1. The Labute approximate surface area is 145 Å². The van der Waals surface area contributed by atoms with Gasteiger partial charge in [0.05, 0.1) is 12.8 Å². The minimum atomic E-state index is -0.438. The molecule has 0 aliphatic carbocycles. The van der Waals surface area contributed by atoms with Crippen LogP contribution in [0.2, 0.25) is 0 Å². The molecule has 5 nitrogen and oxygen atoms in total. The number of nitrogens with zero attached hydrogens (tertiary/aromatic N) is 1. The van der Waals surface area contributed by atoms with Gasteiger partial charge in [0.25, 0.3) is 0 Å². The molecule has 2 aromatic rings. The van der Waals surface area contributed by atoms with Crippen molar-refractivity contribution in [2.75, 3.05) is 6.73 Å². The maximum absolute atomic E-state index is 13.6. The van der Waals surface area contributed by atoms with Crippen LogP contribution in [0.25, 0.3) is 0 Å². The average molecular weight is 344 g/mol. The molecule has 1 aliphatic rings. The van der Waals surface area contributed by atoms with Gasteiger partial charge in [-0.05, 0) is 36.6 Å². The molecule has 0 spiro atoms. The van der Waals surface area contributed by atoms with Crippen LogP contribution in [0.4, 0.5) is 4.39 Å². The number of primary amides is 1. The third-order valence-corrected chi connectivity index (χ3v) is 4.62. The summed E-state index contributed by atoms with van der Waals surface area (Å²) in [5.41, 5.74) is 6.87. The number of benzene rings is 2. The number of carbonyl (C=O) groups is 1. The van der Waals surface area contributed by atoms with Crippen LogP contribution < -0.4 is 10.5 Å².